The Hall–Kier alpha value is -0.0800. The predicted molar refractivity (Wildman–Crippen MR) is 53.8 cm³/mol. The minimum atomic E-state index is 0.164. The number of rotatable bonds is 2. The fraction of sp³-hybridized carbons (Fsp3) is 1.00. The van der Waals surface area contributed by atoms with Crippen LogP contribution >= 0.6 is 0 Å². The number of fused-ring (bicyclic) bond motifs is 2. The van der Waals surface area contributed by atoms with Crippen LogP contribution in [0.5, 0.6) is 0 Å². The van der Waals surface area contributed by atoms with Gasteiger partial charge in [0.15, 0.2) is 0 Å². The third-order valence-electron chi connectivity index (χ3n) is 3.98. The van der Waals surface area contributed by atoms with E-state index in [1.54, 1.807) is 0 Å². The van der Waals surface area contributed by atoms with Crippen molar-refractivity contribution in [2.24, 2.45) is 5.92 Å². The molecule has 2 aliphatic heterocycles. The van der Waals surface area contributed by atoms with E-state index in [1.165, 1.54) is 25.7 Å². The number of nitrogens with one attached hydrogen (secondary N) is 1. The summed E-state index contributed by atoms with van der Waals surface area (Å²) in [6.45, 7) is 4.57. The van der Waals surface area contributed by atoms with Crippen molar-refractivity contribution in [3.05, 3.63) is 0 Å². The first-order chi connectivity index (χ1) is 6.16. The first-order valence-electron chi connectivity index (χ1n) is 5.47. The van der Waals surface area contributed by atoms with Gasteiger partial charge in [-0.3, -0.25) is 0 Å². The van der Waals surface area contributed by atoms with Crippen molar-refractivity contribution in [3.63, 3.8) is 0 Å². The SMILES string of the molecule is COC1(C(C)C)CC2CCC(C1)N2. The zero-order valence-corrected chi connectivity index (χ0v) is 8.97. The molecule has 2 fully saturated rings. The summed E-state index contributed by atoms with van der Waals surface area (Å²) in [6, 6.07) is 1.45. The molecule has 0 spiro atoms. The first-order valence-corrected chi connectivity index (χ1v) is 5.47. The Morgan fingerprint density at radius 2 is 1.77 bits per heavy atom. The van der Waals surface area contributed by atoms with Crippen LogP contribution in [0.15, 0.2) is 0 Å². The summed E-state index contributed by atoms with van der Waals surface area (Å²) in [5.41, 5.74) is 0.164. The lowest BCUT2D eigenvalue weighted by molar-refractivity contribution is -0.0809. The molecule has 2 saturated heterocycles. The minimum Gasteiger partial charge on any atom is -0.378 e. The summed E-state index contributed by atoms with van der Waals surface area (Å²) in [7, 11) is 1.88. The van der Waals surface area contributed by atoms with Crippen molar-refractivity contribution in [1.82, 2.24) is 5.32 Å². The van der Waals surface area contributed by atoms with Crippen molar-refractivity contribution in [2.75, 3.05) is 7.11 Å². The Kier molecular flexibility index (Phi) is 2.37. The lowest BCUT2D eigenvalue weighted by Gasteiger charge is -2.43. The molecule has 76 valence electrons. The second kappa shape index (κ2) is 3.25. The van der Waals surface area contributed by atoms with E-state index < -0.39 is 0 Å². The van der Waals surface area contributed by atoms with Crippen LogP contribution in [-0.2, 0) is 4.74 Å². The van der Waals surface area contributed by atoms with Gasteiger partial charge in [-0.15, -0.1) is 0 Å². The van der Waals surface area contributed by atoms with Gasteiger partial charge in [0, 0.05) is 19.2 Å². The predicted octanol–water partition coefficient (Wildman–Crippen LogP) is 1.94. The average molecular weight is 183 g/mol. The molecule has 0 aromatic rings. The first kappa shape index (κ1) is 9.47. The van der Waals surface area contributed by atoms with Crippen LogP contribution in [0, 0.1) is 5.92 Å². The second-order valence-electron chi connectivity index (χ2n) is 4.97. The quantitative estimate of drug-likeness (QED) is 0.706. The summed E-state index contributed by atoms with van der Waals surface area (Å²) in [5, 5.41) is 3.65. The summed E-state index contributed by atoms with van der Waals surface area (Å²) in [6.07, 6.45) is 5.11. The molecule has 0 radical (unpaired) electrons. The van der Waals surface area contributed by atoms with E-state index in [0.29, 0.717) is 5.92 Å². The highest BCUT2D eigenvalue weighted by Gasteiger charge is 2.45. The fourth-order valence-electron chi connectivity index (χ4n) is 3.02. The van der Waals surface area contributed by atoms with Gasteiger partial charge in [-0.25, -0.2) is 0 Å². The highest BCUT2D eigenvalue weighted by Crippen LogP contribution is 2.40. The van der Waals surface area contributed by atoms with Crippen molar-refractivity contribution < 1.29 is 4.74 Å². The van der Waals surface area contributed by atoms with Crippen LogP contribution in [0.2, 0.25) is 0 Å². The van der Waals surface area contributed by atoms with Crippen molar-refractivity contribution in [1.29, 1.82) is 0 Å². The van der Waals surface area contributed by atoms with Gasteiger partial charge in [-0.05, 0) is 31.6 Å². The second-order valence-corrected chi connectivity index (χ2v) is 4.97. The van der Waals surface area contributed by atoms with Gasteiger partial charge in [-0.1, -0.05) is 13.8 Å². The largest absolute Gasteiger partial charge is 0.378 e. The van der Waals surface area contributed by atoms with Crippen LogP contribution in [0.25, 0.3) is 0 Å². The molecular formula is C11H21NO. The van der Waals surface area contributed by atoms with E-state index in [2.05, 4.69) is 19.2 Å². The molecule has 0 aromatic carbocycles. The highest BCUT2D eigenvalue weighted by molar-refractivity contribution is 5.02. The summed E-state index contributed by atoms with van der Waals surface area (Å²) < 4.78 is 5.78. The molecule has 0 aromatic heterocycles. The van der Waals surface area contributed by atoms with Crippen LogP contribution in [0.3, 0.4) is 0 Å². The maximum Gasteiger partial charge on any atom is 0.0731 e. The molecular weight excluding hydrogens is 162 g/mol. The number of ether oxygens (including phenoxy) is 1. The van der Waals surface area contributed by atoms with Gasteiger partial charge in [0.05, 0.1) is 5.60 Å². The molecule has 0 aliphatic carbocycles. The van der Waals surface area contributed by atoms with Gasteiger partial charge in [-0.2, -0.15) is 0 Å². The lowest BCUT2D eigenvalue weighted by Crippen LogP contribution is -2.52. The third kappa shape index (κ3) is 1.50. The molecule has 2 unspecified atom stereocenters. The maximum atomic E-state index is 5.78. The number of methoxy groups -OCH3 is 1. The van der Waals surface area contributed by atoms with Gasteiger partial charge in [0.25, 0.3) is 0 Å². The van der Waals surface area contributed by atoms with E-state index >= 15 is 0 Å². The minimum absolute atomic E-state index is 0.164. The Morgan fingerprint density at radius 1 is 1.23 bits per heavy atom. The van der Waals surface area contributed by atoms with Crippen molar-refractivity contribution in [3.8, 4) is 0 Å². The topological polar surface area (TPSA) is 21.3 Å². The summed E-state index contributed by atoms with van der Waals surface area (Å²) in [4.78, 5) is 0. The summed E-state index contributed by atoms with van der Waals surface area (Å²) in [5.74, 6) is 0.641. The standard InChI is InChI=1S/C11H21NO/c1-8(2)11(13-3)6-9-4-5-10(7-11)12-9/h8-10,12H,4-7H2,1-3H3. The van der Waals surface area contributed by atoms with Crippen LogP contribution in [0.4, 0.5) is 0 Å². The zero-order valence-electron chi connectivity index (χ0n) is 8.97. The van der Waals surface area contributed by atoms with E-state index in [1.807, 2.05) is 7.11 Å². The highest BCUT2D eigenvalue weighted by atomic mass is 16.5. The number of piperidine rings is 1. The normalized spacial score (nSPS) is 44.3. The van der Waals surface area contributed by atoms with Crippen molar-refractivity contribution >= 4 is 0 Å². The monoisotopic (exact) mass is 183 g/mol. The number of hydrogen-bond acceptors (Lipinski definition) is 2. The molecule has 0 amide bonds. The molecule has 2 bridgehead atoms. The Morgan fingerprint density at radius 3 is 2.15 bits per heavy atom. The molecule has 2 heteroatoms. The Balaban J connectivity index is 2.13. The van der Waals surface area contributed by atoms with Gasteiger partial charge in [0.1, 0.15) is 0 Å². The smallest absolute Gasteiger partial charge is 0.0731 e. The van der Waals surface area contributed by atoms with Gasteiger partial charge in [0.2, 0.25) is 0 Å². The van der Waals surface area contributed by atoms with E-state index in [4.69, 9.17) is 4.74 Å². The fourth-order valence-corrected chi connectivity index (χ4v) is 3.02. The van der Waals surface area contributed by atoms with Crippen LogP contribution < -0.4 is 5.32 Å². The zero-order chi connectivity index (χ0) is 9.47. The Bertz CT molecular complexity index is 179. The Labute approximate surface area is 81.0 Å². The van der Waals surface area contributed by atoms with E-state index in [-0.39, 0.29) is 5.60 Å². The molecule has 2 rings (SSSR count). The van der Waals surface area contributed by atoms with E-state index in [0.717, 1.165) is 12.1 Å². The van der Waals surface area contributed by atoms with Gasteiger partial charge >= 0.3 is 0 Å². The van der Waals surface area contributed by atoms with Crippen molar-refractivity contribution in [2.45, 2.75) is 57.2 Å². The molecule has 0 saturated carbocycles. The number of hydrogen-bond donors (Lipinski definition) is 1. The third-order valence-corrected chi connectivity index (χ3v) is 3.98. The van der Waals surface area contributed by atoms with Crippen LogP contribution in [0.1, 0.15) is 39.5 Å². The maximum absolute atomic E-state index is 5.78. The molecule has 2 heterocycles. The average Bonchev–Trinajstić information content (AvgIpc) is 2.45. The molecule has 2 nitrogen and oxygen atoms in total. The van der Waals surface area contributed by atoms with Gasteiger partial charge < -0.3 is 10.1 Å². The molecule has 13 heavy (non-hydrogen) atoms. The lowest BCUT2D eigenvalue weighted by atomic mass is 9.78. The van der Waals surface area contributed by atoms with Crippen LogP contribution in [-0.4, -0.2) is 24.8 Å². The molecule has 2 atom stereocenters. The molecule has 2 aliphatic rings. The summed E-state index contributed by atoms with van der Waals surface area (Å²) >= 11 is 0. The molecule has 1 N–H and O–H groups in total. The van der Waals surface area contributed by atoms with E-state index in [9.17, 15) is 0 Å².